The summed E-state index contributed by atoms with van der Waals surface area (Å²) in [6.07, 6.45) is 3.09. The standard InChI is InChI=1S/C19H16BrN3O3S/c20-13-5-7-14(8-6-13)27-19-15(3-1-9-23-19)17(24)21-10-11-22-18(25)16-4-2-12-26-16/h1-9,12H,10-11H2,(H,21,24)(H,22,25). The van der Waals surface area contributed by atoms with Crippen LogP contribution in [0.1, 0.15) is 20.9 Å². The van der Waals surface area contributed by atoms with Gasteiger partial charge in [0.05, 0.1) is 11.8 Å². The molecule has 0 saturated carbocycles. The van der Waals surface area contributed by atoms with E-state index in [1.54, 1.807) is 30.5 Å². The number of benzene rings is 1. The molecule has 0 atom stereocenters. The van der Waals surface area contributed by atoms with E-state index in [-0.39, 0.29) is 17.6 Å². The summed E-state index contributed by atoms with van der Waals surface area (Å²) < 4.78 is 6.00. The third-order valence-electron chi connectivity index (χ3n) is 3.49. The number of furan rings is 1. The van der Waals surface area contributed by atoms with Crippen LogP contribution < -0.4 is 10.6 Å². The second-order valence-electron chi connectivity index (χ2n) is 5.40. The molecule has 0 saturated heterocycles. The number of amides is 2. The van der Waals surface area contributed by atoms with Gasteiger partial charge in [0.15, 0.2) is 5.76 Å². The van der Waals surface area contributed by atoms with Crippen molar-refractivity contribution in [1.29, 1.82) is 0 Å². The number of halogens is 1. The number of rotatable bonds is 7. The van der Waals surface area contributed by atoms with Crippen molar-refractivity contribution in [2.24, 2.45) is 0 Å². The van der Waals surface area contributed by atoms with Gasteiger partial charge in [-0.1, -0.05) is 27.7 Å². The van der Waals surface area contributed by atoms with E-state index in [4.69, 9.17) is 4.42 Å². The molecule has 0 fully saturated rings. The van der Waals surface area contributed by atoms with Gasteiger partial charge in [0.25, 0.3) is 11.8 Å². The highest BCUT2D eigenvalue weighted by atomic mass is 79.9. The van der Waals surface area contributed by atoms with Crippen LogP contribution in [-0.2, 0) is 0 Å². The number of pyridine rings is 1. The molecule has 0 radical (unpaired) electrons. The van der Waals surface area contributed by atoms with Gasteiger partial charge in [-0.2, -0.15) is 0 Å². The fourth-order valence-corrected chi connectivity index (χ4v) is 3.35. The van der Waals surface area contributed by atoms with E-state index in [1.165, 1.54) is 18.0 Å². The Kier molecular flexibility index (Phi) is 6.67. The zero-order valence-corrected chi connectivity index (χ0v) is 16.5. The molecular weight excluding hydrogens is 430 g/mol. The van der Waals surface area contributed by atoms with Gasteiger partial charge in [-0.15, -0.1) is 0 Å². The topological polar surface area (TPSA) is 84.2 Å². The second kappa shape index (κ2) is 9.38. The van der Waals surface area contributed by atoms with Gasteiger partial charge >= 0.3 is 0 Å². The first-order valence-corrected chi connectivity index (χ1v) is 9.73. The van der Waals surface area contributed by atoms with Crippen LogP contribution in [0.2, 0.25) is 0 Å². The molecule has 3 rings (SSSR count). The van der Waals surface area contributed by atoms with Gasteiger partial charge in [0, 0.05) is 28.7 Å². The van der Waals surface area contributed by atoms with Gasteiger partial charge < -0.3 is 15.1 Å². The van der Waals surface area contributed by atoms with E-state index in [2.05, 4.69) is 31.5 Å². The van der Waals surface area contributed by atoms with Gasteiger partial charge in [-0.3, -0.25) is 9.59 Å². The molecule has 0 bridgehead atoms. The van der Waals surface area contributed by atoms with Crippen molar-refractivity contribution in [3.63, 3.8) is 0 Å². The molecule has 2 heterocycles. The first kappa shape index (κ1) is 19.2. The molecule has 1 aromatic carbocycles. The Hall–Kier alpha value is -2.58. The minimum Gasteiger partial charge on any atom is -0.459 e. The van der Waals surface area contributed by atoms with Crippen LogP contribution in [0, 0.1) is 0 Å². The lowest BCUT2D eigenvalue weighted by Crippen LogP contribution is -2.34. The maximum absolute atomic E-state index is 12.5. The predicted molar refractivity (Wildman–Crippen MR) is 106 cm³/mol. The third kappa shape index (κ3) is 5.45. The molecule has 0 unspecified atom stereocenters. The molecule has 0 spiro atoms. The first-order valence-electron chi connectivity index (χ1n) is 8.12. The monoisotopic (exact) mass is 445 g/mol. The smallest absolute Gasteiger partial charge is 0.287 e. The molecule has 3 aromatic rings. The summed E-state index contributed by atoms with van der Waals surface area (Å²) in [7, 11) is 0. The van der Waals surface area contributed by atoms with Crippen LogP contribution in [0.5, 0.6) is 0 Å². The van der Waals surface area contributed by atoms with E-state index < -0.39 is 0 Å². The van der Waals surface area contributed by atoms with Crippen molar-refractivity contribution in [2.45, 2.75) is 9.92 Å². The molecule has 2 amide bonds. The Balaban J connectivity index is 1.55. The van der Waals surface area contributed by atoms with E-state index >= 15 is 0 Å². The summed E-state index contributed by atoms with van der Waals surface area (Å²) in [4.78, 5) is 29.5. The van der Waals surface area contributed by atoms with Crippen LogP contribution in [0.15, 0.2) is 79.8 Å². The molecule has 2 N–H and O–H groups in total. The quantitative estimate of drug-likeness (QED) is 0.541. The summed E-state index contributed by atoms with van der Waals surface area (Å²) in [5.41, 5.74) is 0.489. The Morgan fingerprint density at radius 1 is 1.00 bits per heavy atom. The highest BCUT2D eigenvalue weighted by molar-refractivity contribution is 9.10. The molecule has 0 aliphatic rings. The van der Waals surface area contributed by atoms with Crippen molar-refractivity contribution < 1.29 is 14.0 Å². The van der Waals surface area contributed by atoms with E-state index in [1.807, 2.05) is 24.3 Å². The fraction of sp³-hybridized carbons (Fsp3) is 0.105. The van der Waals surface area contributed by atoms with Crippen molar-refractivity contribution in [1.82, 2.24) is 15.6 Å². The highest BCUT2D eigenvalue weighted by Crippen LogP contribution is 2.29. The number of hydrogen-bond donors (Lipinski definition) is 2. The van der Waals surface area contributed by atoms with Crippen molar-refractivity contribution in [2.75, 3.05) is 13.1 Å². The zero-order chi connectivity index (χ0) is 19.1. The predicted octanol–water partition coefficient (Wildman–Crippen LogP) is 3.75. The average molecular weight is 446 g/mol. The Labute approximate surface area is 168 Å². The number of hydrogen-bond acceptors (Lipinski definition) is 5. The van der Waals surface area contributed by atoms with E-state index in [9.17, 15) is 9.59 Å². The van der Waals surface area contributed by atoms with Crippen LogP contribution in [-0.4, -0.2) is 29.9 Å². The Bertz CT molecular complexity index is 914. The summed E-state index contributed by atoms with van der Waals surface area (Å²) >= 11 is 4.82. The van der Waals surface area contributed by atoms with E-state index in [0.29, 0.717) is 23.7 Å². The molecule has 8 heteroatoms. The lowest BCUT2D eigenvalue weighted by atomic mass is 10.2. The Morgan fingerprint density at radius 3 is 2.44 bits per heavy atom. The molecule has 6 nitrogen and oxygen atoms in total. The van der Waals surface area contributed by atoms with Crippen LogP contribution in [0.25, 0.3) is 0 Å². The molecule has 27 heavy (non-hydrogen) atoms. The minimum atomic E-state index is -0.317. The van der Waals surface area contributed by atoms with Crippen LogP contribution in [0.3, 0.4) is 0 Å². The summed E-state index contributed by atoms with van der Waals surface area (Å²) in [5, 5.41) is 6.09. The first-order chi connectivity index (χ1) is 13.1. The van der Waals surface area contributed by atoms with Crippen LogP contribution >= 0.6 is 27.7 Å². The molecule has 0 aliphatic heterocycles. The number of nitrogens with zero attached hydrogens (tertiary/aromatic N) is 1. The molecule has 0 aliphatic carbocycles. The number of nitrogens with one attached hydrogen (secondary N) is 2. The van der Waals surface area contributed by atoms with Gasteiger partial charge in [0.1, 0.15) is 5.03 Å². The maximum atomic E-state index is 12.5. The zero-order valence-electron chi connectivity index (χ0n) is 14.1. The normalized spacial score (nSPS) is 10.4. The Morgan fingerprint density at radius 2 is 1.74 bits per heavy atom. The van der Waals surface area contributed by atoms with Gasteiger partial charge in [0.2, 0.25) is 0 Å². The molecular formula is C19H16BrN3O3S. The van der Waals surface area contributed by atoms with Crippen LogP contribution in [0.4, 0.5) is 0 Å². The largest absolute Gasteiger partial charge is 0.459 e. The lowest BCUT2D eigenvalue weighted by molar-refractivity contribution is 0.0909. The summed E-state index contributed by atoms with van der Waals surface area (Å²) in [6.45, 7) is 0.587. The van der Waals surface area contributed by atoms with Crippen molar-refractivity contribution >= 4 is 39.5 Å². The van der Waals surface area contributed by atoms with E-state index in [0.717, 1.165) is 9.37 Å². The number of carbonyl (C=O) groups is 2. The summed E-state index contributed by atoms with van der Waals surface area (Å²) in [6, 6.07) is 14.5. The minimum absolute atomic E-state index is 0.238. The van der Waals surface area contributed by atoms with Crippen molar-refractivity contribution in [3.05, 3.63) is 76.8 Å². The lowest BCUT2D eigenvalue weighted by Gasteiger charge is -2.09. The fourth-order valence-electron chi connectivity index (χ4n) is 2.20. The average Bonchev–Trinajstić information content (AvgIpc) is 3.22. The maximum Gasteiger partial charge on any atom is 0.287 e. The number of carbonyl (C=O) groups excluding carboxylic acids is 2. The number of aromatic nitrogens is 1. The highest BCUT2D eigenvalue weighted by Gasteiger charge is 2.13. The van der Waals surface area contributed by atoms with Crippen molar-refractivity contribution in [3.8, 4) is 0 Å². The molecule has 2 aromatic heterocycles. The van der Waals surface area contributed by atoms with Gasteiger partial charge in [-0.05, 0) is 48.5 Å². The second-order valence-corrected chi connectivity index (χ2v) is 7.38. The third-order valence-corrected chi connectivity index (χ3v) is 5.04. The van der Waals surface area contributed by atoms with Gasteiger partial charge in [-0.25, -0.2) is 4.98 Å². The summed E-state index contributed by atoms with van der Waals surface area (Å²) in [5.74, 6) is -0.321. The molecule has 138 valence electrons. The SMILES string of the molecule is O=C(NCCNC(=O)c1cccnc1Sc1ccc(Br)cc1)c1ccco1.